The number of benzene rings is 1. The van der Waals surface area contributed by atoms with E-state index in [1.54, 1.807) is 0 Å². The van der Waals surface area contributed by atoms with Crippen molar-refractivity contribution in [3.8, 4) is 0 Å². The molecule has 0 radical (unpaired) electrons. The highest BCUT2D eigenvalue weighted by molar-refractivity contribution is 5.31. The molecule has 0 aromatic heterocycles. The maximum atomic E-state index is 6.17. The van der Waals surface area contributed by atoms with Gasteiger partial charge in [0.25, 0.3) is 0 Å². The van der Waals surface area contributed by atoms with Crippen LogP contribution in [0.25, 0.3) is 0 Å². The fourth-order valence-corrected chi connectivity index (χ4v) is 1.69. The average molecular weight is 220 g/mol. The van der Waals surface area contributed by atoms with Gasteiger partial charge in [-0.1, -0.05) is 18.2 Å². The summed E-state index contributed by atoms with van der Waals surface area (Å²) in [5, 5.41) is 0. The van der Waals surface area contributed by atoms with E-state index in [0.29, 0.717) is 0 Å². The zero-order valence-corrected chi connectivity index (χ0v) is 10.9. The molecule has 2 heteroatoms. The van der Waals surface area contributed by atoms with Crippen molar-refractivity contribution in [1.82, 2.24) is 0 Å². The summed E-state index contributed by atoms with van der Waals surface area (Å²) in [4.78, 5) is 0. The van der Waals surface area contributed by atoms with Crippen LogP contribution >= 0.6 is 0 Å². The molecule has 0 heterocycles. The van der Waals surface area contributed by atoms with Crippen molar-refractivity contribution in [2.45, 2.75) is 52.1 Å². The largest absolute Gasteiger partial charge is 0.326 e. The minimum atomic E-state index is -0.128. The van der Waals surface area contributed by atoms with E-state index < -0.39 is 0 Å². The van der Waals surface area contributed by atoms with E-state index in [1.165, 1.54) is 16.7 Å². The summed E-state index contributed by atoms with van der Waals surface area (Å²) < 4.78 is 0. The van der Waals surface area contributed by atoms with Crippen molar-refractivity contribution in [2.75, 3.05) is 0 Å². The number of hydrogen-bond acceptors (Lipinski definition) is 2. The van der Waals surface area contributed by atoms with Gasteiger partial charge in [-0.05, 0) is 57.2 Å². The maximum Gasteiger partial charge on any atom is 0.0295 e. The average Bonchev–Trinajstić information content (AvgIpc) is 2.17. The molecular weight excluding hydrogens is 196 g/mol. The monoisotopic (exact) mass is 220 g/mol. The molecule has 0 amide bonds. The first-order chi connectivity index (χ1) is 7.29. The van der Waals surface area contributed by atoms with Crippen LogP contribution in [0.2, 0.25) is 0 Å². The highest BCUT2D eigenvalue weighted by Gasteiger charge is 2.14. The molecule has 0 fully saturated rings. The fraction of sp³-hybridized carbons (Fsp3) is 0.571. The van der Waals surface area contributed by atoms with Gasteiger partial charge >= 0.3 is 0 Å². The van der Waals surface area contributed by atoms with Crippen LogP contribution in [0.3, 0.4) is 0 Å². The zero-order chi connectivity index (χ0) is 12.3. The molecule has 0 spiro atoms. The lowest BCUT2D eigenvalue weighted by Crippen LogP contribution is -2.32. The first-order valence-electron chi connectivity index (χ1n) is 5.91. The number of hydrogen-bond donors (Lipinski definition) is 2. The van der Waals surface area contributed by atoms with Crippen LogP contribution in [0.5, 0.6) is 0 Å². The predicted octanol–water partition coefficient (Wildman–Crippen LogP) is 2.82. The molecule has 90 valence electrons. The second kappa shape index (κ2) is 4.98. The SMILES string of the molecule is Cc1ccc(C(N)CCC(C)(C)N)cc1C. The molecule has 0 bridgehead atoms. The van der Waals surface area contributed by atoms with E-state index in [4.69, 9.17) is 11.5 Å². The highest BCUT2D eigenvalue weighted by Crippen LogP contribution is 2.21. The highest BCUT2D eigenvalue weighted by atomic mass is 14.7. The third kappa shape index (κ3) is 3.95. The minimum absolute atomic E-state index is 0.0992. The van der Waals surface area contributed by atoms with Gasteiger partial charge < -0.3 is 11.5 Å². The Morgan fingerprint density at radius 3 is 2.31 bits per heavy atom. The third-order valence-corrected chi connectivity index (χ3v) is 3.06. The molecule has 1 aromatic rings. The Bertz CT molecular complexity index is 350. The molecule has 0 saturated carbocycles. The van der Waals surface area contributed by atoms with Crippen LogP contribution in [0.4, 0.5) is 0 Å². The Balaban J connectivity index is 2.66. The van der Waals surface area contributed by atoms with Gasteiger partial charge in [-0.2, -0.15) is 0 Å². The summed E-state index contributed by atoms with van der Waals surface area (Å²) in [7, 11) is 0. The Labute approximate surface area is 99.0 Å². The first kappa shape index (κ1) is 13.2. The summed E-state index contributed by atoms with van der Waals surface area (Å²) >= 11 is 0. The molecule has 1 unspecified atom stereocenters. The molecular formula is C14H24N2. The molecule has 0 aliphatic heterocycles. The Kier molecular flexibility index (Phi) is 4.11. The first-order valence-corrected chi connectivity index (χ1v) is 5.91. The lowest BCUT2D eigenvalue weighted by atomic mass is 9.93. The minimum Gasteiger partial charge on any atom is -0.326 e. The van der Waals surface area contributed by atoms with Gasteiger partial charge in [-0.3, -0.25) is 0 Å². The van der Waals surface area contributed by atoms with Gasteiger partial charge in [0.15, 0.2) is 0 Å². The van der Waals surface area contributed by atoms with Crippen LogP contribution in [-0.2, 0) is 0 Å². The quantitative estimate of drug-likeness (QED) is 0.819. The Hall–Kier alpha value is -0.860. The summed E-state index contributed by atoms with van der Waals surface area (Å²) in [5.41, 5.74) is 15.8. The molecule has 0 saturated heterocycles. The molecule has 16 heavy (non-hydrogen) atoms. The van der Waals surface area contributed by atoms with Crippen molar-refractivity contribution in [3.63, 3.8) is 0 Å². The van der Waals surface area contributed by atoms with Gasteiger partial charge in [0.2, 0.25) is 0 Å². The van der Waals surface area contributed by atoms with Gasteiger partial charge in [-0.25, -0.2) is 0 Å². The second-order valence-electron chi connectivity index (χ2n) is 5.48. The van der Waals surface area contributed by atoms with Gasteiger partial charge in [0.1, 0.15) is 0 Å². The second-order valence-corrected chi connectivity index (χ2v) is 5.48. The van der Waals surface area contributed by atoms with Crippen molar-refractivity contribution in [3.05, 3.63) is 34.9 Å². The molecule has 0 aliphatic rings. The zero-order valence-electron chi connectivity index (χ0n) is 10.9. The van der Waals surface area contributed by atoms with Crippen molar-refractivity contribution in [1.29, 1.82) is 0 Å². The maximum absolute atomic E-state index is 6.17. The summed E-state index contributed by atoms with van der Waals surface area (Å²) in [6.45, 7) is 8.33. The molecule has 1 aromatic carbocycles. The van der Waals surface area contributed by atoms with E-state index >= 15 is 0 Å². The van der Waals surface area contributed by atoms with Crippen LogP contribution in [-0.4, -0.2) is 5.54 Å². The van der Waals surface area contributed by atoms with Crippen molar-refractivity contribution >= 4 is 0 Å². The van der Waals surface area contributed by atoms with E-state index in [1.807, 2.05) is 13.8 Å². The molecule has 1 atom stereocenters. The van der Waals surface area contributed by atoms with Crippen LogP contribution in [0.15, 0.2) is 18.2 Å². The summed E-state index contributed by atoms with van der Waals surface area (Å²) in [6.07, 6.45) is 1.88. The smallest absolute Gasteiger partial charge is 0.0295 e. The van der Waals surface area contributed by atoms with Crippen LogP contribution in [0.1, 0.15) is 49.4 Å². The normalized spacial score (nSPS) is 13.9. The van der Waals surface area contributed by atoms with E-state index in [0.717, 1.165) is 12.8 Å². The van der Waals surface area contributed by atoms with Gasteiger partial charge in [0.05, 0.1) is 0 Å². The summed E-state index contributed by atoms with van der Waals surface area (Å²) in [5.74, 6) is 0. The molecule has 1 rings (SSSR count). The topological polar surface area (TPSA) is 52.0 Å². The fourth-order valence-electron chi connectivity index (χ4n) is 1.69. The Morgan fingerprint density at radius 1 is 1.19 bits per heavy atom. The molecule has 4 N–H and O–H groups in total. The van der Waals surface area contributed by atoms with Crippen molar-refractivity contribution < 1.29 is 0 Å². The van der Waals surface area contributed by atoms with Crippen LogP contribution < -0.4 is 11.5 Å². The molecule has 0 aliphatic carbocycles. The van der Waals surface area contributed by atoms with Crippen LogP contribution in [0, 0.1) is 13.8 Å². The number of rotatable bonds is 4. The standard InChI is InChI=1S/C14H24N2/c1-10-5-6-12(9-11(10)2)13(15)7-8-14(3,4)16/h5-6,9,13H,7-8,15-16H2,1-4H3. The van der Waals surface area contributed by atoms with Crippen molar-refractivity contribution in [2.24, 2.45) is 11.5 Å². The number of nitrogens with two attached hydrogens (primary N) is 2. The summed E-state index contributed by atoms with van der Waals surface area (Å²) in [6, 6.07) is 6.54. The van der Waals surface area contributed by atoms with Gasteiger partial charge in [-0.15, -0.1) is 0 Å². The Morgan fingerprint density at radius 2 is 1.81 bits per heavy atom. The number of aryl methyl sites for hydroxylation is 2. The third-order valence-electron chi connectivity index (χ3n) is 3.06. The van der Waals surface area contributed by atoms with E-state index in [-0.39, 0.29) is 11.6 Å². The van der Waals surface area contributed by atoms with Gasteiger partial charge in [0, 0.05) is 11.6 Å². The lowest BCUT2D eigenvalue weighted by molar-refractivity contribution is 0.433. The van der Waals surface area contributed by atoms with E-state index in [9.17, 15) is 0 Å². The predicted molar refractivity (Wildman–Crippen MR) is 70.3 cm³/mol. The molecule has 2 nitrogen and oxygen atoms in total. The van der Waals surface area contributed by atoms with E-state index in [2.05, 4.69) is 32.0 Å². The lowest BCUT2D eigenvalue weighted by Gasteiger charge is -2.21.